The maximum absolute atomic E-state index is 13.4. The quantitative estimate of drug-likeness (QED) is 0.814. The van der Waals surface area contributed by atoms with E-state index in [1.54, 1.807) is 0 Å². The highest BCUT2D eigenvalue weighted by atomic mass is 19.2. The van der Waals surface area contributed by atoms with Crippen molar-refractivity contribution in [3.8, 4) is 0 Å². The maximum Gasteiger partial charge on any atom is 0.161 e. The van der Waals surface area contributed by atoms with Crippen LogP contribution in [0, 0.1) is 17.5 Å². The van der Waals surface area contributed by atoms with E-state index in [0.717, 1.165) is 18.1 Å². The first-order chi connectivity index (χ1) is 9.10. The van der Waals surface area contributed by atoms with Crippen LogP contribution >= 0.6 is 0 Å². The van der Waals surface area contributed by atoms with Crippen molar-refractivity contribution in [2.24, 2.45) is 0 Å². The molecule has 0 atom stereocenters. The zero-order chi connectivity index (χ0) is 13.8. The van der Waals surface area contributed by atoms with Crippen LogP contribution in [0.1, 0.15) is 18.1 Å². The number of anilines is 1. The number of aryl methyl sites for hydroxylation is 1. The van der Waals surface area contributed by atoms with E-state index in [1.807, 2.05) is 24.3 Å². The fourth-order valence-corrected chi connectivity index (χ4v) is 1.75. The molecule has 4 heteroatoms. The van der Waals surface area contributed by atoms with Gasteiger partial charge in [-0.05, 0) is 17.5 Å². The number of hydrogen-bond donors (Lipinski definition) is 1. The minimum atomic E-state index is -1.18. The normalized spacial score (nSPS) is 10.5. The standard InChI is InChI=1S/C15H14F3N/c1-2-10-3-5-11(6-4-10)9-19-15-8-13(17)12(16)7-14(15)18/h3-8,19H,2,9H2,1H3. The third-order valence-corrected chi connectivity index (χ3v) is 2.92. The number of benzene rings is 2. The lowest BCUT2D eigenvalue weighted by Gasteiger charge is -2.08. The van der Waals surface area contributed by atoms with Crippen molar-refractivity contribution >= 4 is 5.69 Å². The second-order valence-electron chi connectivity index (χ2n) is 4.27. The fourth-order valence-electron chi connectivity index (χ4n) is 1.75. The Morgan fingerprint density at radius 3 is 2.05 bits per heavy atom. The van der Waals surface area contributed by atoms with Crippen LogP contribution < -0.4 is 5.32 Å². The lowest BCUT2D eigenvalue weighted by molar-refractivity contribution is 0.496. The molecule has 19 heavy (non-hydrogen) atoms. The van der Waals surface area contributed by atoms with E-state index in [9.17, 15) is 13.2 Å². The van der Waals surface area contributed by atoms with Crippen molar-refractivity contribution in [3.63, 3.8) is 0 Å². The van der Waals surface area contributed by atoms with E-state index in [-0.39, 0.29) is 5.69 Å². The highest BCUT2D eigenvalue weighted by Crippen LogP contribution is 2.19. The summed E-state index contributed by atoms with van der Waals surface area (Å²) in [6.45, 7) is 2.41. The van der Waals surface area contributed by atoms with Gasteiger partial charge in [0.15, 0.2) is 11.6 Å². The molecule has 1 nitrogen and oxygen atoms in total. The Hall–Kier alpha value is -1.97. The monoisotopic (exact) mass is 265 g/mol. The van der Waals surface area contributed by atoms with Crippen LogP contribution in [0.15, 0.2) is 36.4 Å². The largest absolute Gasteiger partial charge is 0.379 e. The Morgan fingerprint density at radius 2 is 1.42 bits per heavy atom. The van der Waals surface area contributed by atoms with E-state index >= 15 is 0 Å². The van der Waals surface area contributed by atoms with Gasteiger partial charge in [-0.2, -0.15) is 0 Å². The van der Waals surface area contributed by atoms with Crippen LogP contribution in [0.2, 0.25) is 0 Å². The molecule has 0 unspecified atom stereocenters. The SMILES string of the molecule is CCc1ccc(CNc2cc(F)c(F)cc2F)cc1. The van der Waals surface area contributed by atoms with Crippen LogP contribution in [-0.4, -0.2) is 0 Å². The van der Waals surface area contributed by atoms with Gasteiger partial charge in [-0.3, -0.25) is 0 Å². The Bertz CT molecular complexity index is 564. The summed E-state index contributed by atoms with van der Waals surface area (Å²) in [6.07, 6.45) is 0.950. The molecule has 0 heterocycles. The molecule has 100 valence electrons. The molecule has 2 aromatic carbocycles. The third-order valence-electron chi connectivity index (χ3n) is 2.92. The molecular formula is C15H14F3N. The summed E-state index contributed by atoms with van der Waals surface area (Å²) in [5, 5.41) is 2.75. The predicted octanol–water partition coefficient (Wildman–Crippen LogP) is 4.28. The summed E-state index contributed by atoms with van der Waals surface area (Å²) in [5.74, 6) is -3.05. The average molecular weight is 265 g/mol. The Labute approximate surface area is 110 Å². The van der Waals surface area contributed by atoms with Gasteiger partial charge in [-0.15, -0.1) is 0 Å². The number of rotatable bonds is 4. The van der Waals surface area contributed by atoms with Crippen molar-refractivity contribution in [1.29, 1.82) is 0 Å². The summed E-state index contributed by atoms with van der Waals surface area (Å²) in [4.78, 5) is 0. The van der Waals surface area contributed by atoms with Gasteiger partial charge < -0.3 is 5.32 Å². The number of nitrogens with one attached hydrogen (secondary N) is 1. The number of hydrogen-bond acceptors (Lipinski definition) is 1. The minimum Gasteiger partial charge on any atom is -0.379 e. The van der Waals surface area contributed by atoms with Gasteiger partial charge >= 0.3 is 0 Å². The smallest absolute Gasteiger partial charge is 0.161 e. The van der Waals surface area contributed by atoms with E-state index < -0.39 is 17.5 Å². The molecular weight excluding hydrogens is 251 g/mol. The summed E-state index contributed by atoms with van der Waals surface area (Å²) in [7, 11) is 0. The van der Waals surface area contributed by atoms with Crippen LogP contribution in [0.25, 0.3) is 0 Å². The molecule has 0 aliphatic heterocycles. The van der Waals surface area contributed by atoms with Gasteiger partial charge in [-0.1, -0.05) is 31.2 Å². The predicted molar refractivity (Wildman–Crippen MR) is 69.5 cm³/mol. The van der Waals surface area contributed by atoms with E-state index in [0.29, 0.717) is 12.6 Å². The van der Waals surface area contributed by atoms with Gasteiger partial charge in [0.1, 0.15) is 5.82 Å². The molecule has 0 amide bonds. The zero-order valence-electron chi connectivity index (χ0n) is 10.5. The molecule has 0 aliphatic carbocycles. The molecule has 0 aliphatic rings. The van der Waals surface area contributed by atoms with Crippen molar-refractivity contribution in [1.82, 2.24) is 0 Å². The van der Waals surface area contributed by atoms with Gasteiger partial charge in [0.25, 0.3) is 0 Å². The molecule has 2 rings (SSSR count). The summed E-state index contributed by atoms with van der Waals surface area (Å²) >= 11 is 0. The second kappa shape index (κ2) is 5.78. The van der Waals surface area contributed by atoms with Gasteiger partial charge in [0, 0.05) is 18.7 Å². The third kappa shape index (κ3) is 3.28. The first kappa shape index (κ1) is 13.5. The second-order valence-corrected chi connectivity index (χ2v) is 4.27. The summed E-state index contributed by atoms with van der Waals surface area (Å²) < 4.78 is 39.1. The topological polar surface area (TPSA) is 12.0 Å². The van der Waals surface area contributed by atoms with Crippen LogP contribution in [0.4, 0.5) is 18.9 Å². The van der Waals surface area contributed by atoms with E-state index in [1.165, 1.54) is 5.56 Å². The Balaban J connectivity index is 2.07. The molecule has 0 spiro atoms. The van der Waals surface area contributed by atoms with E-state index in [4.69, 9.17) is 0 Å². The summed E-state index contributed by atoms with van der Waals surface area (Å²) in [5.41, 5.74) is 2.11. The Morgan fingerprint density at radius 1 is 0.842 bits per heavy atom. The lowest BCUT2D eigenvalue weighted by atomic mass is 10.1. The average Bonchev–Trinajstić information content (AvgIpc) is 2.42. The molecule has 0 saturated heterocycles. The van der Waals surface area contributed by atoms with Crippen molar-refractivity contribution in [2.45, 2.75) is 19.9 Å². The van der Waals surface area contributed by atoms with Gasteiger partial charge in [0.2, 0.25) is 0 Å². The first-order valence-corrected chi connectivity index (χ1v) is 6.06. The molecule has 0 radical (unpaired) electrons. The molecule has 0 aromatic heterocycles. The molecule has 0 saturated carbocycles. The maximum atomic E-state index is 13.4. The summed E-state index contributed by atoms with van der Waals surface area (Å²) in [6, 6.07) is 9.17. The minimum absolute atomic E-state index is 0.0431. The van der Waals surface area contributed by atoms with Crippen LogP contribution in [0.5, 0.6) is 0 Å². The highest BCUT2D eigenvalue weighted by molar-refractivity contribution is 5.45. The van der Waals surface area contributed by atoms with Crippen LogP contribution in [-0.2, 0) is 13.0 Å². The number of halogens is 3. The van der Waals surface area contributed by atoms with Crippen molar-refractivity contribution in [3.05, 3.63) is 65.0 Å². The van der Waals surface area contributed by atoms with Crippen molar-refractivity contribution in [2.75, 3.05) is 5.32 Å². The van der Waals surface area contributed by atoms with Gasteiger partial charge in [-0.25, -0.2) is 13.2 Å². The molecule has 1 N–H and O–H groups in total. The lowest BCUT2D eigenvalue weighted by Crippen LogP contribution is -2.03. The van der Waals surface area contributed by atoms with E-state index in [2.05, 4.69) is 12.2 Å². The zero-order valence-corrected chi connectivity index (χ0v) is 10.5. The fraction of sp³-hybridized carbons (Fsp3) is 0.200. The van der Waals surface area contributed by atoms with Crippen LogP contribution in [0.3, 0.4) is 0 Å². The molecule has 2 aromatic rings. The first-order valence-electron chi connectivity index (χ1n) is 6.06. The van der Waals surface area contributed by atoms with Gasteiger partial charge in [0.05, 0.1) is 5.69 Å². The highest BCUT2D eigenvalue weighted by Gasteiger charge is 2.09. The molecule has 0 bridgehead atoms. The Kier molecular flexibility index (Phi) is 4.10. The van der Waals surface area contributed by atoms with Crippen molar-refractivity contribution < 1.29 is 13.2 Å². The molecule has 0 fully saturated rings.